The van der Waals surface area contributed by atoms with Crippen LogP contribution in [0.1, 0.15) is 11.1 Å². The van der Waals surface area contributed by atoms with E-state index in [2.05, 4.69) is 21.2 Å². The van der Waals surface area contributed by atoms with Gasteiger partial charge in [-0.15, -0.1) is 0 Å². The molecule has 0 atom stereocenters. The molecule has 1 N–H and O–H groups in total. The van der Waals surface area contributed by atoms with Crippen molar-refractivity contribution in [1.82, 2.24) is 0 Å². The van der Waals surface area contributed by atoms with Gasteiger partial charge in [-0.05, 0) is 70.0 Å². The number of carbonyl (C=O) groups is 1. The van der Waals surface area contributed by atoms with E-state index in [9.17, 15) is 33.3 Å². The third-order valence-corrected chi connectivity index (χ3v) is 5.27. The number of hydrogen-bond donors (Lipinski definition) is 1. The van der Waals surface area contributed by atoms with Gasteiger partial charge in [-0.25, -0.2) is 0 Å². The fourth-order valence-corrected chi connectivity index (χ4v) is 3.48. The highest BCUT2D eigenvalue weighted by Crippen LogP contribution is 2.39. The molecule has 35 heavy (non-hydrogen) atoms. The lowest BCUT2D eigenvalue weighted by Crippen LogP contribution is -2.13. The molecule has 3 aromatic rings. The van der Waals surface area contributed by atoms with Crippen LogP contribution in [0.5, 0.6) is 11.5 Å². The average molecular weight is 567 g/mol. The summed E-state index contributed by atoms with van der Waals surface area (Å²) in [5.41, 5.74) is -1.46. The molecule has 0 radical (unpaired) electrons. The van der Waals surface area contributed by atoms with E-state index in [4.69, 9.17) is 16.3 Å². The number of alkyl halides is 3. The van der Waals surface area contributed by atoms with Gasteiger partial charge in [0.05, 0.1) is 15.0 Å². The third kappa shape index (κ3) is 6.59. The number of nitro groups is 1. The van der Waals surface area contributed by atoms with Crippen molar-refractivity contribution in [3.8, 4) is 17.6 Å². The first-order valence-electron chi connectivity index (χ1n) is 9.49. The summed E-state index contributed by atoms with van der Waals surface area (Å²) in [6.07, 6.45) is -3.45. The van der Waals surface area contributed by atoms with Crippen molar-refractivity contribution < 1.29 is 27.6 Å². The van der Waals surface area contributed by atoms with E-state index in [-0.39, 0.29) is 15.8 Å². The molecule has 12 heteroatoms. The Balaban J connectivity index is 1.84. The molecule has 1 amide bonds. The highest BCUT2D eigenvalue weighted by atomic mass is 79.9. The minimum absolute atomic E-state index is 0.0619. The molecule has 3 aromatic carbocycles. The zero-order valence-electron chi connectivity index (χ0n) is 17.3. The Bertz CT molecular complexity index is 1390. The van der Waals surface area contributed by atoms with Crippen LogP contribution in [0, 0.1) is 21.4 Å². The van der Waals surface area contributed by atoms with E-state index >= 15 is 0 Å². The number of amides is 1. The van der Waals surface area contributed by atoms with Crippen molar-refractivity contribution in [2.75, 3.05) is 5.32 Å². The maximum absolute atomic E-state index is 12.9. The van der Waals surface area contributed by atoms with Crippen molar-refractivity contribution >= 4 is 50.9 Å². The van der Waals surface area contributed by atoms with Crippen LogP contribution in [0.3, 0.4) is 0 Å². The van der Waals surface area contributed by atoms with Gasteiger partial charge < -0.3 is 10.1 Å². The zero-order chi connectivity index (χ0) is 25.8. The average Bonchev–Trinajstić information content (AvgIpc) is 2.78. The molecule has 0 unspecified atom stereocenters. The minimum Gasteiger partial charge on any atom is -0.449 e. The first kappa shape index (κ1) is 25.7. The van der Waals surface area contributed by atoms with E-state index in [0.29, 0.717) is 28.4 Å². The van der Waals surface area contributed by atoms with Gasteiger partial charge in [-0.1, -0.05) is 23.7 Å². The molecule has 0 aliphatic carbocycles. The Morgan fingerprint density at radius 2 is 1.86 bits per heavy atom. The molecule has 0 saturated carbocycles. The van der Waals surface area contributed by atoms with Crippen LogP contribution >= 0.6 is 27.5 Å². The normalized spacial score (nSPS) is 11.5. The van der Waals surface area contributed by atoms with Gasteiger partial charge in [-0.3, -0.25) is 14.9 Å². The summed E-state index contributed by atoms with van der Waals surface area (Å²) < 4.78 is 44.4. The quantitative estimate of drug-likeness (QED) is 0.145. The van der Waals surface area contributed by atoms with Crippen LogP contribution in [0.2, 0.25) is 5.02 Å². The SMILES string of the molecule is N#C/C(=C\c1ccc(Oc2ccc(C(F)(F)F)cc2[N+](=O)[O-])c(Br)c1)C(=O)Nc1cccc(Cl)c1. The smallest absolute Gasteiger partial charge is 0.416 e. The molecule has 3 rings (SSSR count). The maximum Gasteiger partial charge on any atom is 0.416 e. The van der Waals surface area contributed by atoms with E-state index in [1.807, 2.05) is 0 Å². The van der Waals surface area contributed by atoms with E-state index in [0.717, 1.165) is 6.07 Å². The summed E-state index contributed by atoms with van der Waals surface area (Å²) in [4.78, 5) is 22.7. The molecule has 0 heterocycles. The topological polar surface area (TPSA) is 105 Å². The fraction of sp³-hybridized carbons (Fsp3) is 0.0435. The molecular formula is C23H12BrClF3N3O4. The number of nitriles is 1. The van der Waals surface area contributed by atoms with Crippen molar-refractivity contribution in [1.29, 1.82) is 5.26 Å². The van der Waals surface area contributed by atoms with Gasteiger partial charge in [0.2, 0.25) is 5.75 Å². The van der Waals surface area contributed by atoms with E-state index in [1.54, 1.807) is 24.3 Å². The van der Waals surface area contributed by atoms with Gasteiger partial charge in [0.1, 0.15) is 17.4 Å². The fourth-order valence-electron chi connectivity index (χ4n) is 2.81. The van der Waals surface area contributed by atoms with Gasteiger partial charge in [0.25, 0.3) is 5.91 Å². The number of hydrogen-bond acceptors (Lipinski definition) is 5. The van der Waals surface area contributed by atoms with Crippen LogP contribution in [0.4, 0.5) is 24.5 Å². The summed E-state index contributed by atoms with van der Waals surface area (Å²) in [6.45, 7) is 0. The van der Waals surface area contributed by atoms with Crippen LogP contribution < -0.4 is 10.1 Å². The molecule has 0 spiro atoms. The summed E-state index contributed by atoms with van der Waals surface area (Å²) in [7, 11) is 0. The van der Waals surface area contributed by atoms with Crippen molar-refractivity contribution in [3.63, 3.8) is 0 Å². The minimum atomic E-state index is -4.75. The van der Waals surface area contributed by atoms with Crippen LogP contribution in [0.25, 0.3) is 6.08 Å². The monoisotopic (exact) mass is 565 g/mol. The summed E-state index contributed by atoms with van der Waals surface area (Å²) in [6, 6.07) is 14.4. The number of rotatable bonds is 6. The molecule has 0 aliphatic rings. The highest BCUT2D eigenvalue weighted by molar-refractivity contribution is 9.10. The van der Waals surface area contributed by atoms with Crippen molar-refractivity contribution in [2.24, 2.45) is 0 Å². The van der Waals surface area contributed by atoms with Crippen LogP contribution in [0.15, 0.2) is 70.7 Å². The van der Waals surface area contributed by atoms with Crippen LogP contribution in [-0.2, 0) is 11.0 Å². The first-order chi connectivity index (χ1) is 16.5. The lowest BCUT2D eigenvalue weighted by Gasteiger charge is -2.11. The predicted molar refractivity (Wildman–Crippen MR) is 126 cm³/mol. The number of nitrogens with one attached hydrogen (secondary N) is 1. The highest BCUT2D eigenvalue weighted by Gasteiger charge is 2.33. The molecule has 0 fully saturated rings. The Kier molecular flexibility index (Phi) is 7.78. The number of ether oxygens (including phenoxy) is 1. The summed E-state index contributed by atoms with van der Waals surface area (Å²) in [5, 5.41) is 23.6. The second-order valence-corrected chi connectivity index (χ2v) is 8.15. The van der Waals surface area contributed by atoms with Crippen molar-refractivity contribution in [2.45, 2.75) is 6.18 Å². The molecule has 178 valence electrons. The number of carbonyl (C=O) groups excluding carboxylic acids is 1. The predicted octanol–water partition coefficient (Wildman–Crippen LogP) is 7.37. The standard InChI is InChI=1S/C23H12BrClF3N3O4/c24-18-9-13(8-14(12-29)22(32)30-17-3-1-2-16(25)11-17)4-6-20(18)35-21-7-5-15(23(26,27)28)10-19(21)31(33)34/h1-11H,(H,30,32)/b14-8+. The Hall–Kier alpha value is -3.88. The summed E-state index contributed by atoms with van der Waals surface area (Å²) >= 11 is 9.10. The second kappa shape index (κ2) is 10.6. The number of anilines is 1. The molecule has 7 nitrogen and oxygen atoms in total. The Labute approximate surface area is 209 Å². The largest absolute Gasteiger partial charge is 0.449 e. The number of nitrogens with zero attached hydrogens (tertiary/aromatic N) is 2. The number of nitro benzene ring substituents is 1. The number of halogens is 5. The lowest BCUT2D eigenvalue weighted by atomic mass is 10.1. The first-order valence-corrected chi connectivity index (χ1v) is 10.7. The molecular weight excluding hydrogens is 555 g/mol. The van der Waals surface area contributed by atoms with Gasteiger partial charge in [0, 0.05) is 16.8 Å². The Morgan fingerprint density at radius 1 is 1.14 bits per heavy atom. The molecule has 0 aromatic heterocycles. The van der Waals surface area contributed by atoms with Crippen LogP contribution in [-0.4, -0.2) is 10.8 Å². The van der Waals surface area contributed by atoms with Gasteiger partial charge in [-0.2, -0.15) is 18.4 Å². The van der Waals surface area contributed by atoms with Gasteiger partial charge in [0.15, 0.2) is 0 Å². The van der Waals surface area contributed by atoms with E-state index < -0.39 is 34.0 Å². The second-order valence-electron chi connectivity index (χ2n) is 6.86. The molecule has 0 aliphatic heterocycles. The number of benzene rings is 3. The zero-order valence-corrected chi connectivity index (χ0v) is 19.6. The van der Waals surface area contributed by atoms with Crippen molar-refractivity contribution in [3.05, 3.63) is 97.0 Å². The summed E-state index contributed by atoms with van der Waals surface area (Å²) in [5.74, 6) is -1.01. The lowest BCUT2D eigenvalue weighted by molar-refractivity contribution is -0.385. The Morgan fingerprint density at radius 3 is 2.46 bits per heavy atom. The maximum atomic E-state index is 12.9. The third-order valence-electron chi connectivity index (χ3n) is 4.42. The molecule has 0 saturated heterocycles. The van der Waals surface area contributed by atoms with Gasteiger partial charge >= 0.3 is 11.9 Å². The van der Waals surface area contributed by atoms with E-state index in [1.165, 1.54) is 30.3 Å². The molecule has 0 bridgehead atoms.